The van der Waals surface area contributed by atoms with E-state index in [4.69, 9.17) is 4.74 Å². The molecule has 2 saturated carbocycles. The van der Waals surface area contributed by atoms with E-state index in [0.29, 0.717) is 0 Å². The molecule has 2 aromatic rings. The van der Waals surface area contributed by atoms with Crippen molar-refractivity contribution in [3.8, 4) is 5.75 Å². The summed E-state index contributed by atoms with van der Waals surface area (Å²) in [4.78, 5) is 4.42. The largest absolute Gasteiger partial charge is 0.487 e. The number of aromatic nitrogens is 1. The standard InChI is InChI=1S/C18H22N2O/c1-3-14-4-7-16(13-17(14)20-11-1)21-18(8-2-9-18)10-12-19-15-5-6-15/h1,3-4,7,11,13,15,19H,2,5-6,8-10,12H2. The lowest BCUT2D eigenvalue weighted by Crippen LogP contribution is -2.45. The fourth-order valence-electron chi connectivity index (χ4n) is 3.13. The third-order valence-electron chi connectivity index (χ3n) is 4.77. The van der Waals surface area contributed by atoms with E-state index in [1.54, 1.807) is 0 Å². The minimum atomic E-state index is 0.0599. The Hall–Kier alpha value is -1.61. The maximum atomic E-state index is 6.37. The predicted octanol–water partition coefficient (Wildman–Crippen LogP) is 3.68. The number of rotatable bonds is 6. The Kier molecular flexibility index (Phi) is 3.30. The van der Waals surface area contributed by atoms with Gasteiger partial charge in [-0.05, 0) is 63.3 Å². The van der Waals surface area contributed by atoms with Crippen molar-refractivity contribution in [1.82, 2.24) is 10.3 Å². The molecule has 2 aliphatic carbocycles. The topological polar surface area (TPSA) is 34.1 Å². The summed E-state index contributed by atoms with van der Waals surface area (Å²) >= 11 is 0. The van der Waals surface area contributed by atoms with Crippen molar-refractivity contribution in [3.63, 3.8) is 0 Å². The van der Waals surface area contributed by atoms with Crippen molar-refractivity contribution < 1.29 is 4.74 Å². The minimum Gasteiger partial charge on any atom is -0.487 e. The number of nitrogens with zero attached hydrogens (tertiary/aromatic N) is 1. The number of hydrogen-bond donors (Lipinski definition) is 1. The number of hydrogen-bond acceptors (Lipinski definition) is 3. The number of fused-ring (bicyclic) bond motifs is 1. The Morgan fingerprint density at radius 1 is 1.24 bits per heavy atom. The van der Waals surface area contributed by atoms with Gasteiger partial charge in [0, 0.05) is 23.7 Å². The van der Waals surface area contributed by atoms with Crippen LogP contribution in [0.5, 0.6) is 5.75 Å². The molecule has 0 spiro atoms. The molecule has 1 aromatic carbocycles. The van der Waals surface area contributed by atoms with E-state index in [1.807, 2.05) is 12.3 Å². The van der Waals surface area contributed by atoms with Crippen LogP contribution in [0.4, 0.5) is 0 Å². The van der Waals surface area contributed by atoms with Crippen LogP contribution in [0.3, 0.4) is 0 Å². The van der Waals surface area contributed by atoms with Crippen molar-refractivity contribution in [2.45, 2.75) is 50.2 Å². The zero-order chi connectivity index (χ0) is 14.1. The molecular weight excluding hydrogens is 260 g/mol. The molecule has 1 aromatic heterocycles. The zero-order valence-electron chi connectivity index (χ0n) is 12.3. The van der Waals surface area contributed by atoms with Crippen LogP contribution in [0.2, 0.25) is 0 Å². The zero-order valence-corrected chi connectivity index (χ0v) is 12.3. The summed E-state index contributed by atoms with van der Waals surface area (Å²) < 4.78 is 6.37. The fraction of sp³-hybridized carbons (Fsp3) is 0.500. The van der Waals surface area contributed by atoms with Crippen LogP contribution in [0.25, 0.3) is 10.9 Å². The van der Waals surface area contributed by atoms with E-state index >= 15 is 0 Å². The molecule has 21 heavy (non-hydrogen) atoms. The van der Waals surface area contributed by atoms with Crippen LogP contribution in [0, 0.1) is 0 Å². The SMILES string of the molecule is c1cnc2cc(OC3(CCNC4CC4)CCC3)ccc2c1. The number of pyridine rings is 1. The molecule has 0 amide bonds. The molecule has 110 valence electrons. The molecule has 0 atom stereocenters. The molecule has 4 rings (SSSR count). The van der Waals surface area contributed by atoms with E-state index in [2.05, 4.69) is 34.6 Å². The second kappa shape index (κ2) is 5.30. The maximum absolute atomic E-state index is 6.37. The molecule has 1 N–H and O–H groups in total. The lowest BCUT2D eigenvalue weighted by atomic mass is 9.77. The molecule has 3 nitrogen and oxygen atoms in total. The van der Waals surface area contributed by atoms with Gasteiger partial charge in [0.25, 0.3) is 0 Å². The van der Waals surface area contributed by atoms with Gasteiger partial charge in [-0.25, -0.2) is 0 Å². The quantitative estimate of drug-likeness (QED) is 0.877. The van der Waals surface area contributed by atoms with Crippen molar-refractivity contribution in [2.24, 2.45) is 0 Å². The maximum Gasteiger partial charge on any atom is 0.122 e. The van der Waals surface area contributed by atoms with Crippen LogP contribution in [0.1, 0.15) is 38.5 Å². The average molecular weight is 282 g/mol. The Balaban J connectivity index is 1.45. The van der Waals surface area contributed by atoms with Gasteiger partial charge < -0.3 is 10.1 Å². The van der Waals surface area contributed by atoms with Crippen molar-refractivity contribution in [2.75, 3.05) is 6.54 Å². The highest BCUT2D eigenvalue weighted by Gasteiger charge is 2.39. The van der Waals surface area contributed by atoms with Gasteiger partial charge in [0.1, 0.15) is 11.4 Å². The van der Waals surface area contributed by atoms with Crippen molar-refractivity contribution in [3.05, 3.63) is 36.5 Å². The van der Waals surface area contributed by atoms with E-state index in [0.717, 1.165) is 30.3 Å². The molecule has 0 saturated heterocycles. The number of nitrogens with one attached hydrogen (secondary N) is 1. The summed E-state index contributed by atoms with van der Waals surface area (Å²) in [5.74, 6) is 0.965. The molecule has 1 heterocycles. The lowest BCUT2D eigenvalue weighted by Gasteiger charge is -2.42. The molecular formula is C18H22N2O. The van der Waals surface area contributed by atoms with Gasteiger partial charge in [-0.15, -0.1) is 0 Å². The van der Waals surface area contributed by atoms with Crippen molar-refractivity contribution in [1.29, 1.82) is 0 Å². The highest BCUT2D eigenvalue weighted by molar-refractivity contribution is 5.79. The second-order valence-electron chi connectivity index (χ2n) is 6.47. The third kappa shape index (κ3) is 2.88. The smallest absolute Gasteiger partial charge is 0.122 e. The molecule has 0 aliphatic heterocycles. The second-order valence-corrected chi connectivity index (χ2v) is 6.47. The first kappa shape index (κ1) is 13.1. The summed E-state index contributed by atoms with van der Waals surface area (Å²) in [5, 5.41) is 4.77. The van der Waals surface area contributed by atoms with Gasteiger partial charge in [0.15, 0.2) is 0 Å². The van der Waals surface area contributed by atoms with Crippen LogP contribution >= 0.6 is 0 Å². The van der Waals surface area contributed by atoms with E-state index in [-0.39, 0.29) is 5.60 Å². The monoisotopic (exact) mass is 282 g/mol. The first-order valence-electron chi connectivity index (χ1n) is 8.10. The molecule has 3 heteroatoms. The van der Waals surface area contributed by atoms with Crippen molar-refractivity contribution >= 4 is 10.9 Å². The Morgan fingerprint density at radius 2 is 2.14 bits per heavy atom. The Labute approximate surface area is 125 Å². The summed E-state index contributed by atoms with van der Waals surface area (Å²) in [6.45, 7) is 1.08. The highest BCUT2D eigenvalue weighted by atomic mass is 16.5. The number of ether oxygens (including phenoxy) is 1. The average Bonchev–Trinajstić information content (AvgIpc) is 3.28. The Bertz CT molecular complexity index is 632. The molecule has 0 radical (unpaired) electrons. The highest BCUT2D eigenvalue weighted by Crippen LogP contribution is 2.39. The molecule has 2 fully saturated rings. The van der Waals surface area contributed by atoms with Crippen LogP contribution < -0.4 is 10.1 Å². The van der Waals surface area contributed by atoms with E-state index in [9.17, 15) is 0 Å². The first-order valence-corrected chi connectivity index (χ1v) is 8.10. The van der Waals surface area contributed by atoms with Crippen LogP contribution in [-0.4, -0.2) is 23.2 Å². The van der Waals surface area contributed by atoms with Gasteiger partial charge in [-0.3, -0.25) is 4.98 Å². The summed E-state index contributed by atoms with van der Waals surface area (Å²) in [7, 11) is 0. The molecule has 2 aliphatic rings. The lowest BCUT2D eigenvalue weighted by molar-refractivity contribution is -0.0141. The predicted molar refractivity (Wildman–Crippen MR) is 84.6 cm³/mol. The van der Waals surface area contributed by atoms with E-state index in [1.165, 1.54) is 37.5 Å². The first-order chi connectivity index (χ1) is 10.3. The van der Waals surface area contributed by atoms with Crippen LogP contribution in [-0.2, 0) is 0 Å². The Morgan fingerprint density at radius 3 is 2.90 bits per heavy atom. The number of benzene rings is 1. The minimum absolute atomic E-state index is 0.0599. The summed E-state index contributed by atoms with van der Waals surface area (Å²) in [6.07, 6.45) is 9.30. The van der Waals surface area contributed by atoms with Gasteiger partial charge in [-0.2, -0.15) is 0 Å². The van der Waals surface area contributed by atoms with Crippen LogP contribution in [0.15, 0.2) is 36.5 Å². The normalized spacial score (nSPS) is 20.2. The molecule has 0 bridgehead atoms. The molecule has 0 unspecified atom stereocenters. The van der Waals surface area contributed by atoms with Gasteiger partial charge in [0.2, 0.25) is 0 Å². The summed E-state index contributed by atoms with van der Waals surface area (Å²) in [5.41, 5.74) is 1.07. The van der Waals surface area contributed by atoms with E-state index < -0.39 is 0 Å². The fourth-order valence-corrected chi connectivity index (χ4v) is 3.13. The third-order valence-corrected chi connectivity index (χ3v) is 4.77. The van der Waals surface area contributed by atoms with Gasteiger partial charge in [0.05, 0.1) is 5.52 Å². The van der Waals surface area contributed by atoms with Gasteiger partial charge in [-0.1, -0.05) is 6.07 Å². The van der Waals surface area contributed by atoms with Gasteiger partial charge >= 0.3 is 0 Å². The summed E-state index contributed by atoms with van der Waals surface area (Å²) in [6, 6.07) is 11.1.